The molecule has 0 atom stereocenters. The van der Waals surface area contributed by atoms with E-state index >= 15 is 0 Å². The lowest BCUT2D eigenvalue weighted by atomic mass is 10.1. The average molecular weight is 174 g/mol. The van der Waals surface area contributed by atoms with E-state index in [1.165, 1.54) is 0 Å². The first-order valence-corrected chi connectivity index (χ1v) is 4.05. The minimum Gasteiger partial charge on any atom is -0.458 e. The lowest BCUT2D eigenvalue weighted by molar-refractivity contribution is 0.0545. The van der Waals surface area contributed by atoms with E-state index in [1.807, 2.05) is 18.2 Å². The van der Waals surface area contributed by atoms with Crippen molar-refractivity contribution in [2.45, 2.75) is 0 Å². The monoisotopic (exact) mass is 174 g/mol. The van der Waals surface area contributed by atoms with Crippen molar-refractivity contribution in [2.24, 2.45) is 0 Å². The number of rotatable bonds is 0. The number of fused-ring (bicyclic) bond motifs is 3. The molecule has 13 heavy (non-hydrogen) atoms. The lowest BCUT2D eigenvalue weighted by Gasteiger charge is -2.04. The highest BCUT2D eigenvalue weighted by Gasteiger charge is 2.22. The Balaban J connectivity index is 2.48. The van der Waals surface area contributed by atoms with Crippen molar-refractivity contribution in [1.82, 2.24) is 0 Å². The molecule has 1 aromatic rings. The molecule has 0 saturated carbocycles. The van der Waals surface area contributed by atoms with Crippen LogP contribution in [0.1, 0.15) is 15.9 Å². The first-order valence-electron chi connectivity index (χ1n) is 4.05. The van der Waals surface area contributed by atoms with Gasteiger partial charge in [-0.05, 0) is 12.2 Å². The normalized spacial score (nSPS) is 17.1. The molecular formula is C10H6O3. The Morgan fingerprint density at radius 2 is 2.23 bits per heavy atom. The van der Waals surface area contributed by atoms with Gasteiger partial charge in [0, 0.05) is 5.56 Å². The number of esters is 1. The molecule has 1 aliphatic heterocycles. The van der Waals surface area contributed by atoms with Gasteiger partial charge in [-0.25, -0.2) is 4.79 Å². The summed E-state index contributed by atoms with van der Waals surface area (Å²) in [6, 6.07) is 0. The Morgan fingerprint density at radius 3 is 3.15 bits per heavy atom. The van der Waals surface area contributed by atoms with E-state index in [0.717, 1.165) is 11.0 Å². The van der Waals surface area contributed by atoms with Gasteiger partial charge >= 0.3 is 5.97 Å². The van der Waals surface area contributed by atoms with E-state index in [-0.39, 0.29) is 5.97 Å². The molecule has 0 amide bonds. The number of cyclic esters (lactones) is 1. The van der Waals surface area contributed by atoms with Crippen LogP contribution in [0.3, 0.4) is 0 Å². The SMILES string of the molecule is O=C1OCC=c2oc3c(c21)C=CC=3. The first kappa shape index (κ1) is 6.71. The summed E-state index contributed by atoms with van der Waals surface area (Å²) in [5, 5.41) is 0. The van der Waals surface area contributed by atoms with Crippen LogP contribution in [0.25, 0.3) is 18.2 Å². The van der Waals surface area contributed by atoms with E-state index in [1.54, 1.807) is 6.08 Å². The molecule has 0 unspecified atom stereocenters. The molecule has 3 rings (SSSR count). The molecule has 3 heteroatoms. The minimum atomic E-state index is -0.289. The summed E-state index contributed by atoms with van der Waals surface area (Å²) in [6.07, 6.45) is 7.33. The molecule has 0 N–H and O–H groups in total. The van der Waals surface area contributed by atoms with Crippen LogP contribution in [0.2, 0.25) is 0 Å². The largest absolute Gasteiger partial charge is 0.458 e. The van der Waals surface area contributed by atoms with Crippen molar-refractivity contribution in [3.8, 4) is 0 Å². The zero-order valence-electron chi connectivity index (χ0n) is 6.74. The predicted molar refractivity (Wildman–Crippen MR) is 46.2 cm³/mol. The van der Waals surface area contributed by atoms with Crippen LogP contribution in [0.15, 0.2) is 10.5 Å². The molecule has 0 bridgehead atoms. The number of ether oxygens (including phenoxy) is 1. The van der Waals surface area contributed by atoms with Crippen LogP contribution in [-0.4, -0.2) is 12.6 Å². The average Bonchev–Trinajstić information content (AvgIpc) is 2.62. The summed E-state index contributed by atoms with van der Waals surface area (Å²) in [4.78, 5) is 11.4. The van der Waals surface area contributed by atoms with Crippen molar-refractivity contribution < 1.29 is 13.9 Å². The molecule has 0 saturated heterocycles. The summed E-state index contributed by atoms with van der Waals surface area (Å²) in [7, 11) is 0. The first-order chi connectivity index (χ1) is 6.36. The van der Waals surface area contributed by atoms with Gasteiger partial charge in [0.15, 0.2) is 0 Å². The molecule has 3 nitrogen and oxygen atoms in total. The van der Waals surface area contributed by atoms with Crippen LogP contribution in [-0.2, 0) is 4.74 Å². The van der Waals surface area contributed by atoms with Crippen molar-refractivity contribution in [3.05, 3.63) is 28.0 Å². The second-order valence-electron chi connectivity index (χ2n) is 2.95. The maximum atomic E-state index is 11.4. The lowest BCUT2D eigenvalue weighted by Crippen LogP contribution is -2.21. The summed E-state index contributed by atoms with van der Waals surface area (Å²) in [6.45, 7) is 0.307. The van der Waals surface area contributed by atoms with Crippen LogP contribution in [0.5, 0.6) is 0 Å². The molecule has 0 aromatic carbocycles. The Morgan fingerprint density at radius 1 is 1.31 bits per heavy atom. The van der Waals surface area contributed by atoms with Crippen LogP contribution in [0.4, 0.5) is 0 Å². The number of hydrogen-bond acceptors (Lipinski definition) is 3. The summed E-state index contributed by atoms with van der Waals surface area (Å²) in [5.41, 5.74) is 2.80. The third kappa shape index (κ3) is 0.758. The van der Waals surface area contributed by atoms with Gasteiger partial charge in [-0.2, -0.15) is 0 Å². The van der Waals surface area contributed by atoms with E-state index in [2.05, 4.69) is 0 Å². The second kappa shape index (κ2) is 2.13. The van der Waals surface area contributed by atoms with Crippen LogP contribution in [0, 0.1) is 0 Å². The smallest absolute Gasteiger partial charge is 0.343 e. The maximum Gasteiger partial charge on any atom is 0.343 e. The van der Waals surface area contributed by atoms with E-state index in [4.69, 9.17) is 9.15 Å². The van der Waals surface area contributed by atoms with Gasteiger partial charge in [0.1, 0.15) is 23.0 Å². The number of carbonyl (C=O) groups excluding carboxylic acids is 1. The zero-order chi connectivity index (χ0) is 8.84. The van der Waals surface area contributed by atoms with Crippen molar-refractivity contribution in [1.29, 1.82) is 0 Å². The quantitative estimate of drug-likeness (QED) is 0.521. The van der Waals surface area contributed by atoms with Crippen LogP contribution < -0.4 is 10.8 Å². The molecular weight excluding hydrogens is 168 g/mol. The highest BCUT2D eigenvalue weighted by Crippen LogP contribution is 2.11. The molecule has 0 fully saturated rings. The van der Waals surface area contributed by atoms with Gasteiger partial charge in [0.05, 0.1) is 0 Å². The summed E-state index contributed by atoms with van der Waals surface area (Å²) < 4.78 is 10.3. The maximum absolute atomic E-state index is 11.4. The Kier molecular flexibility index (Phi) is 1.10. The highest BCUT2D eigenvalue weighted by molar-refractivity contribution is 5.96. The van der Waals surface area contributed by atoms with Crippen molar-refractivity contribution in [3.63, 3.8) is 0 Å². The van der Waals surface area contributed by atoms with Crippen molar-refractivity contribution >= 4 is 24.2 Å². The third-order valence-corrected chi connectivity index (χ3v) is 2.20. The second-order valence-corrected chi connectivity index (χ2v) is 2.95. The Labute approximate surface area is 73.6 Å². The number of furan rings is 1. The van der Waals surface area contributed by atoms with Crippen LogP contribution >= 0.6 is 0 Å². The molecule has 1 aliphatic carbocycles. The zero-order valence-corrected chi connectivity index (χ0v) is 6.74. The van der Waals surface area contributed by atoms with E-state index < -0.39 is 0 Å². The summed E-state index contributed by atoms with van der Waals surface area (Å²) >= 11 is 0. The van der Waals surface area contributed by atoms with Gasteiger partial charge in [0.25, 0.3) is 0 Å². The van der Waals surface area contributed by atoms with Gasteiger partial charge < -0.3 is 9.15 Å². The minimum absolute atomic E-state index is 0.289. The Bertz CT molecular complexity index is 531. The van der Waals surface area contributed by atoms with Gasteiger partial charge in [-0.1, -0.05) is 12.2 Å². The molecule has 2 heterocycles. The van der Waals surface area contributed by atoms with E-state index in [0.29, 0.717) is 17.6 Å². The highest BCUT2D eigenvalue weighted by atomic mass is 16.5. The molecule has 64 valence electrons. The Hall–Kier alpha value is -1.77. The fourth-order valence-electron chi connectivity index (χ4n) is 1.62. The summed E-state index contributed by atoms with van der Waals surface area (Å²) in [5.74, 6) is -0.289. The van der Waals surface area contributed by atoms with Gasteiger partial charge in [0.2, 0.25) is 0 Å². The van der Waals surface area contributed by atoms with Gasteiger partial charge in [-0.15, -0.1) is 0 Å². The number of carbonyl (C=O) groups is 1. The molecule has 2 aliphatic rings. The van der Waals surface area contributed by atoms with Crippen molar-refractivity contribution in [2.75, 3.05) is 6.61 Å². The van der Waals surface area contributed by atoms with Gasteiger partial charge in [-0.3, -0.25) is 0 Å². The fourth-order valence-corrected chi connectivity index (χ4v) is 1.62. The number of allylic oxidation sites excluding steroid dienone is 1. The molecule has 0 spiro atoms. The standard InChI is InChI=1S/C10H6O3/c11-10-9-6-2-1-3-7(6)13-8(9)4-5-12-10/h1-4H,5H2. The van der Waals surface area contributed by atoms with E-state index in [9.17, 15) is 4.79 Å². The molecule has 0 radical (unpaired) electrons. The molecule has 1 aromatic heterocycles. The fraction of sp³-hybridized carbons (Fsp3) is 0.100. The predicted octanol–water partition coefficient (Wildman–Crippen LogP) is 0.0378. The third-order valence-electron chi connectivity index (χ3n) is 2.20. The topological polar surface area (TPSA) is 39.4 Å². The number of hydrogen-bond donors (Lipinski definition) is 0.